The number of aliphatic hydroxyl groups is 1. The molecule has 22 heavy (non-hydrogen) atoms. The Balaban J connectivity index is 1.80. The Hall–Kier alpha value is -2.20. The number of aliphatic hydroxyl groups excluding tert-OH is 1. The summed E-state index contributed by atoms with van der Waals surface area (Å²) in [4.78, 5) is 0. The normalized spacial score (nSPS) is 16.5. The molecule has 4 nitrogen and oxygen atoms in total. The van der Waals surface area contributed by atoms with Crippen molar-refractivity contribution in [2.24, 2.45) is 0 Å². The Bertz CT molecular complexity index is 624. The van der Waals surface area contributed by atoms with Crippen LogP contribution in [0.4, 0.5) is 0 Å². The molecule has 1 atom stereocenters. The van der Waals surface area contributed by atoms with Gasteiger partial charge < -0.3 is 19.3 Å². The maximum Gasteiger partial charge on any atom is 0.165 e. The summed E-state index contributed by atoms with van der Waals surface area (Å²) < 4.78 is 17.1. The summed E-state index contributed by atoms with van der Waals surface area (Å²) in [6, 6.07) is 13.8. The number of hydrogen-bond acceptors (Lipinski definition) is 4. The van der Waals surface area contributed by atoms with Crippen molar-refractivity contribution in [2.45, 2.75) is 25.6 Å². The van der Waals surface area contributed by atoms with Gasteiger partial charge >= 0.3 is 0 Å². The largest absolute Gasteiger partial charge is 0.493 e. The molecule has 1 aliphatic rings. The molecule has 0 saturated carbocycles. The van der Waals surface area contributed by atoms with Crippen molar-refractivity contribution in [3.63, 3.8) is 0 Å². The fourth-order valence-corrected chi connectivity index (χ4v) is 2.58. The van der Waals surface area contributed by atoms with Gasteiger partial charge in [-0.1, -0.05) is 30.3 Å². The number of rotatable bonds is 5. The lowest BCUT2D eigenvalue weighted by Gasteiger charge is -2.26. The molecule has 1 N–H and O–H groups in total. The van der Waals surface area contributed by atoms with Gasteiger partial charge in [-0.25, -0.2) is 0 Å². The smallest absolute Gasteiger partial charge is 0.165 e. The predicted molar refractivity (Wildman–Crippen MR) is 83.6 cm³/mol. The molecule has 0 aliphatic carbocycles. The number of fused-ring (bicyclic) bond motifs is 1. The van der Waals surface area contributed by atoms with Gasteiger partial charge in [-0.2, -0.15) is 0 Å². The van der Waals surface area contributed by atoms with Gasteiger partial charge in [0.1, 0.15) is 18.5 Å². The van der Waals surface area contributed by atoms with E-state index in [0.717, 1.165) is 29.7 Å². The molecule has 0 saturated heterocycles. The second-order valence-corrected chi connectivity index (χ2v) is 5.35. The van der Waals surface area contributed by atoms with Crippen molar-refractivity contribution in [3.8, 4) is 17.2 Å². The number of ether oxygens (including phenoxy) is 3. The quantitative estimate of drug-likeness (QED) is 0.922. The van der Waals surface area contributed by atoms with Crippen molar-refractivity contribution in [2.75, 3.05) is 13.7 Å². The molecule has 2 aromatic carbocycles. The van der Waals surface area contributed by atoms with Crippen molar-refractivity contribution in [3.05, 3.63) is 53.6 Å². The van der Waals surface area contributed by atoms with Crippen molar-refractivity contribution >= 4 is 0 Å². The van der Waals surface area contributed by atoms with Crippen LogP contribution in [0.25, 0.3) is 0 Å². The molecule has 1 aliphatic heterocycles. The Morgan fingerprint density at radius 3 is 2.73 bits per heavy atom. The lowest BCUT2D eigenvalue weighted by molar-refractivity contribution is 0.0971. The highest BCUT2D eigenvalue weighted by atomic mass is 16.5. The molecule has 0 unspecified atom stereocenters. The first kappa shape index (κ1) is 14.7. The fourth-order valence-electron chi connectivity index (χ4n) is 2.58. The number of aryl methyl sites for hydroxylation is 1. The third kappa shape index (κ3) is 3.17. The molecule has 0 amide bonds. The van der Waals surface area contributed by atoms with Crippen LogP contribution < -0.4 is 14.2 Å². The predicted octanol–water partition coefficient (Wildman–Crippen LogP) is 2.96. The zero-order valence-corrected chi connectivity index (χ0v) is 12.6. The first-order chi connectivity index (χ1) is 10.8. The van der Waals surface area contributed by atoms with Crippen LogP contribution in [0.2, 0.25) is 0 Å². The lowest BCUT2D eigenvalue weighted by atomic mass is 10.0. The maximum absolute atomic E-state index is 9.26. The minimum atomic E-state index is -0.136. The Morgan fingerprint density at radius 1 is 1.18 bits per heavy atom. The summed E-state index contributed by atoms with van der Waals surface area (Å²) in [6.45, 7) is 0.505. The Labute approximate surface area is 130 Å². The zero-order chi connectivity index (χ0) is 15.4. The molecule has 116 valence electrons. The Morgan fingerprint density at radius 2 is 2.00 bits per heavy atom. The lowest BCUT2D eigenvalue weighted by Crippen LogP contribution is -2.26. The van der Waals surface area contributed by atoms with E-state index < -0.39 is 0 Å². The first-order valence-corrected chi connectivity index (χ1v) is 7.45. The van der Waals surface area contributed by atoms with E-state index >= 15 is 0 Å². The van der Waals surface area contributed by atoms with Crippen LogP contribution in [0, 0.1) is 0 Å². The molecule has 0 spiro atoms. The van der Waals surface area contributed by atoms with Crippen LogP contribution in [0.15, 0.2) is 42.5 Å². The van der Waals surface area contributed by atoms with Gasteiger partial charge in [0.05, 0.1) is 13.7 Å². The van der Waals surface area contributed by atoms with E-state index in [0.29, 0.717) is 18.1 Å². The average Bonchev–Trinajstić information content (AvgIpc) is 2.59. The van der Waals surface area contributed by atoms with Crippen LogP contribution in [-0.2, 0) is 13.0 Å². The number of methoxy groups -OCH3 is 1. The van der Waals surface area contributed by atoms with Crippen LogP contribution in [0.5, 0.6) is 17.2 Å². The second-order valence-electron chi connectivity index (χ2n) is 5.35. The molecule has 0 aromatic heterocycles. The fraction of sp³-hybridized carbons (Fsp3) is 0.333. The zero-order valence-electron chi connectivity index (χ0n) is 12.6. The highest BCUT2D eigenvalue weighted by molar-refractivity contribution is 5.51. The minimum Gasteiger partial charge on any atom is -0.493 e. The summed E-state index contributed by atoms with van der Waals surface area (Å²) in [5.74, 6) is 2.14. The summed E-state index contributed by atoms with van der Waals surface area (Å²) in [5.41, 5.74) is 2.19. The Kier molecular flexibility index (Phi) is 4.49. The van der Waals surface area contributed by atoms with E-state index in [1.807, 2.05) is 42.5 Å². The third-order valence-corrected chi connectivity index (χ3v) is 3.82. The summed E-state index contributed by atoms with van der Waals surface area (Å²) in [7, 11) is 1.64. The molecule has 1 heterocycles. The van der Waals surface area contributed by atoms with Gasteiger partial charge in [0.25, 0.3) is 0 Å². The van der Waals surface area contributed by atoms with E-state index in [1.54, 1.807) is 7.11 Å². The van der Waals surface area contributed by atoms with Crippen LogP contribution in [0.3, 0.4) is 0 Å². The van der Waals surface area contributed by atoms with Crippen LogP contribution in [-0.4, -0.2) is 24.9 Å². The molecular weight excluding hydrogens is 280 g/mol. The van der Waals surface area contributed by atoms with Gasteiger partial charge in [0.2, 0.25) is 0 Å². The van der Waals surface area contributed by atoms with E-state index in [-0.39, 0.29) is 12.7 Å². The second kappa shape index (κ2) is 6.71. The summed E-state index contributed by atoms with van der Waals surface area (Å²) in [5, 5.41) is 9.26. The number of hydrogen-bond donors (Lipinski definition) is 1. The van der Waals surface area contributed by atoms with Gasteiger partial charge in [-0.3, -0.25) is 0 Å². The van der Waals surface area contributed by atoms with E-state index in [1.165, 1.54) is 0 Å². The van der Waals surface area contributed by atoms with Gasteiger partial charge in [-0.15, -0.1) is 0 Å². The van der Waals surface area contributed by atoms with E-state index in [2.05, 4.69) is 0 Å². The molecular formula is C18H20O4. The third-order valence-electron chi connectivity index (χ3n) is 3.82. The average molecular weight is 300 g/mol. The molecule has 2 aromatic rings. The first-order valence-electron chi connectivity index (χ1n) is 7.45. The van der Waals surface area contributed by atoms with E-state index in [9.17, 15) is 5.11 Å². The monoisotopic (exact) mass is 300 g/mol. The topological polar surface area (TPSA) is 47.9 Å². The van der Waals surface area contributed by atoms with Crippen LogP contribution >= 0.6 is 0 Å². The van der Waals surface area contributed by atoms with Crippen LogP contribution in [0.1, 0.15) is 17.5 Å². The van der Waals surface area contributed by atoms with Crippen molar-refractivity contribution in [1.29, 1.82) is 0 Å². The molecule has 0 bridgehead atoms. The SMILES string of the molecule is COc1cc2c(cc1OCc1ccccc1)O[C@@H](CO)CC2. The summed E-state index contributed by atoms with van der Waals surface area (Å²) >= 11 is 0. The van der Waals surface area contributed by atoms with Crippen molar-refractivity contribution in [1.82, 2.24) is 0 Å². The minimum absolute atomic E-state index is 0.0334. The van der Waals surface area contributed by atoms with Gasteiger partial charge in [0.15, 0.2) is 11.5 Å². The molecule has 0 fully saturated rings. The van der Waals surface area contributed by atoms with Gasteiger partial charge in [0, 0.05) is 6.07 Å². The standard InChI is InChI=1S/C18H20O4/c1-20-17-9-14-7-8-15(11-19)22-16(14)10-18(17)21-12-13-5-3-2-4-6-13/h2-6,9-10,15,19H,7-8,11-12H2,1H3/t15-/m1/s1. The highest BCUT2D eigenvalue weighted by Crippen LogP contribution is 2.38. The molecule has 0 radical (unpaired) electrons. The maximum atomic E-state index is 9.26. The molecule has 3 rings (SSSR count). The van der Waals surface area contributed by atoms with E-state index in [4.69, 9.17) is 14.2 Å². The highest BCUT2D eigenvalue weighted by Gasteiger charge is 2.22. The number of benzene rings is 2. The molecule has 4 heteroatoms. The van der Waals surface area contributed by atoms with Gasteiger partial charge in [-0.05, 0) is 30.0 Å². The summed E-state index contributed by atoms with van der Waals surface area (Å²) in [6.07, 6.45) is 1.55. The van der Waals surface area contributed by atoms with Crippen molar-refractivity contribution < 1.29 is 19.3 Å².